The topological polar surface area (TPSA) is 42.7 Å². The van der Waals surface area contributed by atoms with Gasteiger partial charge in [-0.25, -0.2) is 0 Å². The molecule has 21 heavy (non-hydrogen) atoms. The third kappa shape index (κ3) is 4.67. The number of aryl methyl sites for hydroxylation is 3. The second-order valence-electron chi connectivity index (χ2n) is 5.46. The van der Waals surface area contributed by atoms with Gasteiger partial charge in [-0.2, -0.15) is 5.10 Å². The fraction of sp³-hybridized carbons (Fsp3) is 0.529. The highest BCUT2D eigenvalue weighted by Gasteiger charge is 2.12. The summed E-state index contributed by atoms with van der Waals surface area (Å²) in [5.41, 5.74) is 3.84. The first-order chi connectivity index (χ1) is 10.2. The van der Waals surface area contributed by atoms with Gasteiger partial charge in [-0.3, -0.25) is 9.67 Å². The van der Waals surface area contributed by atoms with Gasteiger partial charge in [-0.05, 0) is 49.6 Å². The fourth-order valence-electron chi connectivity index (χ4n) is 2.64. The molecule has 0 spiro atoms. The quantitative estimate of drug-likeness (QED) is 0.811. The predicted octanol–water partition coefficient (Wildman–Crippen LogP) is 2.53. The lowest BCUT2D eigenvalue weighted by Crippen LogP contribution is -2.32. The molecule has 0 saturated carbocycles. The molecule has 2 rings (SSSR count). The Balaban J connectivity index is 1.96. The van der Waals surface area contributed by atoms with Crippen molar-refractivity contribution in [3.8, 4) is 0 Å². The number of nitrogens with one attached hydrogen (secondary N) is 1. The summed E-state index contributed by atoms with van der Waals surface area (Å²) in [5.74, 6) is 0. The fourth-order valence-corrected chi connectivity index (χ4v) is 2.64. The lowest BCUT2D eigenvalue weighted by Gasteiger charge is -2.18. The van der Waals surface area contributed by atoms with Gasteiger partial charge in [0.25, 0.3) is 0 Å². The Morgan fingerprint density at radius 1 is 1.24 bits per heavy atom. The van der Waals surface area contributed by atoms with E-state index in [1.54, 1.807) is 0 Å². The average Bonchev–Trinajstić information content (AvgIpc) is 2.86. The maximum absolute atomic E-state index is 4.54. The molecule has 1 atom stereocenters. The average molecular weight is 286 g/mol. The molecule has 4 nitrogen and oxygen atoms in total. The molecule has 0 aliphatic carbocycles. The smallest absolute Gasteiger partial charge is 0.0624 e. The van der Waals surface area contributed by atoms with Gasteiger partial charge in [0.1, 0.15) is 0 Å². The van der Waals surface area contributed by atoms with Crippen LogP contribution in [0.1, 0.15) is 37.2 Å². The van der Waals surface area contributed by atoms with E-state index in [2.05, 4.69) is 47.4 Å². The second kappa shape index (κ2) is 7.93. The Bertz CT molecular complexity index is 533. The largest absolute Gasteiger partial charge is 0.314 e. The van der Waals surface area contributed by atoms with E-state index < -0.39 is 0 Å². The molecule has 2 heterocycles. The van der Waals surface area contributed by atoms with Gasteiger partial charge in [0, 0.05) is 37.6 Å². The van der Waals surface area contributed by atoms with E-state index in [9.17, 15) is 0 Å². The van der Waals surface area contributed by atoms with Crippen LogP contribution in [0.25, 0.3) is 0 Å². The Labute approximate surface area is 127 Å². The Morgan fingerprint density at radius 2 is 2.00 bits per heavy atom. The molecule has 4 heteroatoms. The summed E-state index contributed by atoms with van der Waals surface area (Å²) in [6.07, 6.45) is 7.97. The first-order valence-electron chi connectivity index (χ1n) is 7.87. The number of nitrogens with zero attached hydrogens (tertiary/aromatic N) is 3. The van der Waals surface area contributed by atoms with E-state index in [4.69, 9.17) is 0 Å². The van der Waals surface area contributed by atoms with Gasteiger partial charge in [0.05, 0.1) is 5.69 Å². The third-order valence-electron chi connectivity index (χ3n) is 3.87. The van der Waals surface area contributed by atoms with Crippen LogP contribution in [-0.4, -0.2) is 27.4 Å². The van der Waals surface area contributed by atoms with Crippen LogP contribution < -0.4 is 5.32 Å². The normalized spacial score (nSPS) is 12.5. The van der Waals surface area contributed by atoms with Gasteiger partial charge in [0.2, 0.25) is 0 Å². The van der Waals surface area contributed by atoms with Crippen LogP contribution in [-0.2, 0) is 26.3 Å². The minimum Gasteiger partial charge on any atom is -0.314 e. The van der Waals surface area contributed by atoms with Gasteiger partial charge >= 0.3 is 0 Å². The molecule has 0 saturated heterocycles. The molecule has 114 valence electrons. The summed E-state index contributed by atoms with van der Waals surface area (Å²) >= 11 is 0. The van der Waals surface area contributed by atoms with Crippen molar-refractivity contribution < 1.29 is 0 Å². The van der Waals surface area contributed by atoms with Crippen molar-refractivity contribution in [1.29, 1.82) is 0 Å². The number of likely N-dealkylation sites (N-methyl/N-ethyl adjacent to an activating group) is 1. The van der Waals surface area contributed by atoms with Crippen molar-refractivity contribution in [2.75, 3.05) is 6.54 Å². The van der Waals surface area contributed by atoms with Crippen molar-refractivity contribution in [2.24, 2.45) is 7.05 Å². The predicted molar refractivity (Wildman–Crippen MR) is 86.3 cm³/mol. The molecule has 0 bridgehead atoms. The molecular formula is C17H26N4. The standard InChI is InChI=1S/C17H26N4/c1-4-15-12-17(21(3)20-15)13-16(19-5-2)7-6-14-8-10-18-11-9-14/h8-12,16,19H,4-7,13H2,1-3H3. The van der Waals surface area contributed by atoms with Crippen LogP contribution in [0.3, 0.4) is 0 Å². The zero-order chi connectivity index (χ0) is 15.1. The van der Waals surface area contributed by atoms with Crippen LogP contribution in [0.5, 0.6) is 0 Å². The number of aromatic nitrogens is 3. The first-order valence-corrected chi connectivity index (χ1v) is 7.87. The van der Waals surface area contributed by atoms with Crippen LogP contribution in [0.2, 0.25) is 0 Å². The molecule has 1 unspecified atom stereocenters. The lowest BCUT2D eigenvalue weighted by molar-refractivity contribution is 0.477. The molecule has 0 aromatic carbocycles. The number of pyridine rings is 1. The molecule has 2 aromatic rings. The van der Waals surface area contributed by atoms with Gasteiger partial charge in [-0.15, -0.1) is 0 Å². The molecule has 0 aliphatic heterocycles. The maximum Gasteiger partial charge on any atom is 0.0624 e. The number of hydrogen-bond acceptors (Lipinski definition) is 3. The van der Waals surface area contributed by atoms with Crippen molar-refractivity contribution >= 4 is 0 Å². The summed E-state index contributed by atoms with van der Waals surface area (Å²) in [6, 6.07) is 6.92. The van der Waals surface area contributed by atoms with Crippen molar-refractivity contribution in [2.45, 2.75) is 45.6 Å². The first kappa shape index (κ1) is 15.7. The van der Waals surface area contributed by atoms with Crippen molar-refractivity contribution in [3.05, 3.63) is 47.5 Å². The van der Waals surface area contributed by atoms with E-state index in [1.165, 1.54) is 17.0 Å². The zero-order valence-electron chi connectivity index (χ0n) is 13.3. The molecule has 0 amide bonds. The van der Waals surface area contributed by atoms with Crippen LogP contribution >= 0.6 is 0 Å². The van der Waals surface area contributed by atoms with Gasteiger partial charge in [-0.1, -0.05) is 13.8 Å². The van der Waals surface area contributed by atoms with Gasteiger partial charge in [0.15, 0.2) is 0 Å². The third-order valence-corrected chi connectivity index (χ3v) is 3.87. The highest BCUT2D eigenvalue weighted by Crippen LogP contribution is 2.11. The molecular weight excluding hydrogens is 260 g/mol. The SMILES string of the molecule is CCNC(CCc1ccncc1)Cc1cc(CC)nn1C. The zero-order valence-corrected chi connectivity index (χ0v) is 13.3. The molecule has 0 aliphatic rings. The summed E-state index contributed by atoms with van der Waals surface area (Å²) in [4.78, 5) is 4.07. The van der Waals surface area contributed by atoms with E-state index in [1.807, 2.05) is 24.1 Å². The molecule has 1 N–H and O–H groups in total. The van der Waals surface area contributed by atoms with Crippen molar-refractivity contribution in [1.82, 2.24) is 20.1 Å². The van der Waals surface area contributed by atoms with Crippen molar-refractivity contribution in [3.63, 3.8) is 0 Å². The summed E-state index contributed by atoms with van der Waals surface area (Å²) in [6.45, 7) is 5.32. The van der Waals surface area contributed by atoms with Crippen LogP contribution in [0, 0.1) is 0 Å². The Hall–Kier alpha value is -1.68. The second-order valence-corrected chi connectivity index (χ2v) is 5.46. The Morgan fingerprint density at radius 3 is 2.62 bits per heavy atom. The highest BCUT2D eigenvalue weighted by molar-refractivity contribution is 5.13. The van der Waals surface area contributed by atoms with E-state index >= 15 is 0 Å². The highest BCUT2D eigenvalue weighted by atomic mass is 15.3. The van der Waals surface area contributed by atoms with E-state index in [0.717, 1.165) is 32.2 Å². The molecule has 0 radical (unpaired) electrons. The van der Waals surface area contributed by atoms with Gasteiger partial charge < -0.3 is 5.32 Å². The van der Waals surface area contributed by atoms with E-state index in [-0.39, 0.29) is 0 Å². The van der Waals surface area contributed by atoms with E-state index in [0.29, 0.717) is 6.04 Å². The number of hydrogen-bond donors (Lipinski definition) is 1. The van der Waals surface area contributed by atoms with Crippen LogP contribution in [0.15, 0.2) is 30.6 Å². The summed E-state index contributed by atoms with van der Waals surface area (Å²) in [7, 11) is 2.04. The lowest BCUT2D eigenvalue weighted by atomic mass is 10.0. The minimum absolute atomic E-state index is 0.489. The number of rotatable bonds is 8. The molecule has 0 fully saturated rings. The van der Waals surface area contributed by atoms with Crippen LogP contribution in [0.4, 0.5) is 0 Å². The summed E-state index contributed by atoms with van der Waals surface area (Å²) < 4.78 is 2.02. The maximum atomic E-state index is 4.54. The monoisotopic (exact) mass is 286 g/mol. The minimum atomic E-state index is 0.489. The Kier molecular flexibility index (Phi) is 5.93. The molecule has 2 aromatic heterocycles. The summed E-state index contributed by atoms with van der Waals surface area (Å²) in [5, 5.41) is 8.14.